The fraction of sp³-hybridized carbons (Fsp3) is 0.444. The molecule has 8 nitrogen and oxygen atoms in total. The summed E-state index contributed by atoms with van der Waals surface area (Å²) in [6.07, 6.45) is 1.87. The lowest BCUT2D eigenvalue weighted by Gasteiger charge is -2.01. The van der Waals surface area contributed by atoms with Crippen LogP contribution in [-0.2, 0) is 28.9 Å². The molecule has 18 heavy (non-hydrogen) atoms. The van der Waals surface area contributed by atoms with Crippen molar-refractivity contribution >= 4 is 17.7 Å². The standard InChI is InChI=1S/C9H12N6O2S/c1-14-4-3-7(11-14)6-18-9-10-12-13-15(9)5-8(16)17-2/h3-4H,5-6H2,1-2H3. The normalized spacial score (nSPS) is 10.6. The Morgan fingerprint density at radius 3 is 3.06 bits per heavy atom. The number of carbonyl (C=O) groups excluding carboxylic acids is 1. The first-order valence-corrected chi connectivity index (χ1v) is 6.12. The molecule has 0 aliphatic heterocycles. The zero-order valence-electron chi connectivity index (χ0n) is 9.98. The van der Waals surface area contributed by atoms with Crippen molar-refractivity contribution in [1.29, 1.82) is 0 Å². The van der Waals surface area contributed by atoms with Crippen molar-refractivity contribution in [3.05, 3.63) is 18.0 Å². The maximum Gasteiger partial charge on any atom is 0.327 e. The molecule has 0 aliphatic carbocycles. The summed E-state index contributed by atoms with van der Waals surface area (Å²) in [4.78, 5) is 11.1. The Labute approximate surface area is 107 Å². The van der Waals surface area contributed by atoms with E-state index in [1.807, 2.05) is 19.3 Å². The molecule has 2 heterocycles. The minimum absolute atomic E-state index is 0.00799. The monoisotopic (exact) mass is 268 g/mol. The highest BCUT2D eigenvalue weighted by Crippen LogP contribution is 2.18. The van der Waals surface area contributed by atoms with Crippen LogP contribution in [0.2, 0.25) is 0 Å². The average molecular weight is 268 g/mol. The highest BCUT2D eigenvalue weighted by molar-refractivity contribution is 7.98. The number of hydrogen-bond acceptors (Lipinski definition) is 7. The Bertz CT molecular complexity index is 537. The minimum Gasteiger partial charge on any atom is -0.468 e. The van der Waals surface area contributed by atoms with Crippen LogP contribution in [0.25, 0.3) is 0 Å². The van der Waals surface area contributed by atoms with Crippen LogP contribution in [-0.4, -0.2) is 43.1 Å². The van der Waals surface area contributed by atoms with Crippen molar-refractivity contribution in [2.45, 2.75) is 17.5 Å². The first kappa shape index (κ1) is 12.6. The minimum atomic E-state index is -0.387. The zero-order valence-corrected chi connectivity index (χ0v) is 10.8. The van der Waals surface area contributed by atoms with Crippen LogP contribution in [0.1, 0.15) is 5.69 Å². The predicted molar refractivity (Wildman–Crippen MR) is 62.6 cm³/mol. The molecule has 0 aromatic carbocycles. The summed E-state index contributed by atoms with van der Waals surface area (Å²) in [5.74, 6) is 0.254. The number of carbonyl (C=O) groups is 1. The third-order valence-corrected chi connectivity index (χ3v) is 3.11. The molecule has 0 saturated heterocycles. The van der Waals surface area contributed by atoms with E-state index in [1.54, 1.807) is 4.68 Å². The molecule has 0 atom stereocenters. The first-order valence-electron chi connectivity index (χ1n) is 5.13. The second kappa shape index (κ2) is 5.63. The topological polar surface area (TPSA) is 87.7 Å². The van der Waals surface area contributed by atoms with Crippen molar-refractivity contribution in [2.24, 2.45) is 7.05 Å². The number of aromatic nitrogens is 6. The van der Waals surface area contributed by atoms with E-state index < -0.39 is 0 Å². The number of hydrogen-bond donors (Lipinski definition) is 0. The molecule has 0 N–H and O–H groups in total. The quantitative estimate of drug-likeness (QED) is 0.551. The Hall–Kier alpha value is -1.90. The third-order valence-electron chi connectivity index (χ3n) is 2.12. The molecule has 0 radical (unpaired) electrons. The average Bonchev–Trinajstić information content (AvgIpc) is 2.96. The number of esters is 1. The lowest BCUT2D eigenvalue weighted by atomic mass is 10.5. The Kier molecular flexibility index (Phi) is 3.92. The Morgan fingerprint density at radius 2 is 2.39 bits per heavy atom. The van der Waals surface area contributed by atoms with Crippen molar-refractivity contribution in [3.63, 3.8) is 0 Å². The van der Waals surface area contributed by atoms with E-state index in [0.29, 0.717) is 10.9 Å². The van der Waals surface area contributed by atoms with Gasteiger partial charge in [0.05, 0.1) is 12.8 Å². The van der Waals surface area contributed by atoms with Gasteiger partial charge in [0.2, 0.25) is 5.16 Å². The largest absolute Gasteiger partial charge is 0.468 e. The maximum atomic E-state index is 11.1. The van der Waals surface area contributed by atoms with E-state index in [2.05, 4.69) is 25.4 Å². The summed E-state index contributed by atoms with van der Waals surface area (Å²) in [7, 11) is 3.18. The first-order chi connectivity index (χ1) is 8.69. The van der Waals surface area contributed by atoms with Gasteiger partial charge in [0.1, 0.15) is 6.54 Å². The summed E-state index contributed by atoms with van der Waals surface area (Å²) in [6, 6.07) is 1.92. The van der Waals surface area contributed by atoms with E-state index in [-0.39, 0.29) is 12.5 Å². The maximum absolute atomic E-state index is 11.1. The molecule has 2 aromatic rings. The molecule has 0 bridgehead atoms. The van der Waals surface area contributed by atoms with Gasteiger partial charge in [-0.15, -0.1) is 5.10 Å². The number of methoxy groups -OCH3 is 1. The molecule has 2 aromatic heterocycles. The number of rotatable bonds is 5. The molecule has 0 aliphatic rings. The zero-order chi connectivity index (χ0) is 13.0. The SMILES string of the molecule is COC(=O)Cn1nnnc1SCc1ccn(C)n1. The summed E-state index contributed by atoms with van der Waals surface area (Å²) < 4.78 is 7.70. The lowest BCUT2D eigenvalue weighted by Crippen LogP contribution is -2.13. The summed E-state index contributed by atoms with van der Waals surface area (Å²) in [5.41, 5.74) is 0.926. The van der Waals surface area contributed by atoms with Crippen LogP contribution in [0.15, 0.2) is 17.4 Å². The Morgan fingerprint density at radius 1 is 1.56 bits per heavy atom. The molecule has 0 amide bonds. The van der Waals surface area contributed by atoms with E-state index in [4.69, 9.17) is 0 Å². The smallest absolute Gasteiger partial charge is 0.327 e. The second-order valence-corrected chi connectivity index (χ2v) is 4.41. The van der Waals surface area contributed by atoms with Gasteiger partial charge in [-0.2, -0.15) is 5.10 Å². The fourth-order valence-corrected chi connectivity index (χ4v) is 2.04. The van der Waals surface area contributed by atoms with E-state index in [1.165, 1.54) is 23.6 Å². The van der Waals surface area contributed by atoms with Crippen LogP contribution >= 0.6 is 11.8 Å². The predicted octanol–water partition coefficient (Wildman–Crippen LogP) is -0.128. The van der Waals surface area contributed by atoms with Gasteiger partial charge in [-0.3, -0.25) is 9.48 Å². The number of nitrogens with zero attached hydrogens (tertiary/aromatic N) is 6. The lowest BCUT2D eigenvalue weighted by molar-refractivity contribution is -0.141. The van der Waals surface area contributed by atoms with Crippen molar-refractivity contribution in [2.75, 3.05) is 7.11 Å². The van der Waals surface area contributed by atoms with Crippen molar-refractivity contribution < 1.29 is 9.53 Å². The number of aryl methyl sites for hydroxylation is 1. The van der Waals surface area contributed by atoms with E-state index in [9.17, 15) is 4.79 Å². The molecule has 0 saturated carbocycles. The molecule has 96 valence electrons. The van der Waals surface area contributed by atoms with Crippen LogP contribution < -0.4 is 0 Å². The Balaban J connectivity index is 1.97. The molecular formula is C9H12N6O2S. The molecule has 0 unspecified atom stereocenters. The number of thioether (sulfide) groups is 1. The highest BCUT2D eigenvalue weighted by atomic mass is 32.2. The van der Waals surface area contributed by atoms with Gasteiger partial charge in [0.25, 0.3) is 0 Å². The fourth-order valence-electron chi connectivity index (χ4n) is 1.26. The van der Waals surface area contributed by atoms with Gasteiger partial charge >= 0.3 is 5.97 Å². The molecular weight excluding hydrogens is 256 g/mol. The van der Waals surface area contributed by atoms with Gasteiger partial charge in [0.15, 0.2) is 0 Å². The van der Waals surface area contributed by atoms with Crippen molar-refractivity contribution in [3.8, 4) is 0 Å². The van der Waals surface area contributed by atoms with Crippen LogP contribution in [0.3, 0.4) is 0 Å². The van der Waals surface area contributed by atoms with Gasteiger partial charge in [-0.05, 0) is 16.5 Å². The van der Waals surface area contributed by atoms with E-state index in [0.717, 1.165) is 5.69 Å². The van der Waals surface area contributed by atoms with Crippen molar-refractivity contribution in [1.82, 2.24) is 30.0 Å². The molecule has 0 spiro atoms. The summed E-state index contributed by atoms with van der Waals surface area (Å²) in [6.45, 7) is 0.00799. The van der Waals surface area contributed by atoms with E-state index >= 15 is 0 Å². The molecule has 0 fully saturated rings. The highest BCUT2D eigenvalue weighted by Gasteiger charge is 2.11. The third kappa shape index (κ3) is 3.06. The van der Waals surface area contributed by atoms with Gasteiger partial charge in [-0.25, -0.2) is 4.68 Å². The summed E-state index contributed by atoms with van der Waals surface area (Å²) >= 11 is 1.42. The second-order valence-electron chi connectivity index (χ2n) is 3.46. The number of ether oxygens (including phenoxy) is 1. The number of tetrazole rings is 1. The van der Waals surface area contributed by atoms with Crippen LogP contribution in [0.4, 0.5) is 0 Å². The van der Waals surface area contributed by atoms with Gasteiger partial charge in [0, 0.05) is 19.0 Å². The molecule has 9 heteroatoms. The van der Waals surface area contributed by atoms with Crippen LogP contribution in [0, 0.1) is 0 Å². The summed E-state index contributed by atoms with van der Waals surface area (Å²) in [5, 5.41) is 15.9. The van der Waals surface area contributed by atoms with Crippen LogP contribution in [0.5, 0.6) is 0 Å². The van der Waals surface area contributed by atoms with Gasteiger partial charge in [-0.1, -0.05) is 11.8 Å². The van der Waals surface area contributed by atoms with Gasteiger partial charge < -0.3 is 4.74 Å². The molecule has 2 rings (SSSR count).